The third kappa shape index (κ3) is 4.32. The van der Waals surface area contributed by atoms with Gasteiger partial charge in [0.1, 0.15) is 5.82 Å². The first kappa shape index (κ1) is 18.4. The number of piperidine rings is 1. The minimum Gasteiger partial charge on any atom is -0.356 e. The first-order chi connectivity index (χ1) is 11.4. The van der Waals surface area contributed by atoms with Crippen molar-refractivity contribution in [1.29, 1.82) is 0 Å². The molecule has 1 saturated heterocycles. The molecule has 132 valence electrons. The van der Waals surface area contributed by atoms with Crippen LogP contribution >= 0.6 is 0 Å². The third-order valence-electron chi connectivity index (χ3n) is 4.50. The number of nitrogens with zero attached hydrogens (tertiary/aromatic N) is 2. The summed E-state index contributed by atoms with van der Waals surface area (Å²) in [4.78, 5) is 28.2. The average Bonchev–Trinajstić information content (AvgIpc) is 2.54. The van der Waals surface area contributed by atoms with Gasteiger partial charge in [-0.2, -0.15) is 0 Å². The number of halogens is 1. The number of rotatable bonds is 6. The Morgan fingerprint density at radius 1 is 1.38 bits per heavy atom. The minimum absolute atomic E-state index is 0.0556. The summed E-state index contributed by atoms with van der Waals surface area (Å²) in [6, 6.07) is 5.81. The molecular weight excluding hydrogens is 309 g/mol. The molecule has 1 N–H and O–H groups in total. The van der Waals surface area contributed by atoms with Gasteiger partial charge in [0.05, 0.1) is 12.0 Å². The quantitative estimate of drug-likeness (QED) is 0.807. The summed E-state index contributed by atoms with van der Waals surface area (Å²) < 4.78 is 14.2. The molecule has 0 unspecified atom stereocenters. The Morgan fingerprint density at radius 2 is 2.08 bits per heavy atom. The largest absolute Gasteiger partial charge is 0.356 e. The van der Waals surface area contributed by atoms with Crippen molar-refractivity contribution in [3.63, 3.8) is 0 Å². The van der Waals surface area contributed by atoms with E-state index in [4.69, 9.17) is 0 Å². The van der Waals surface area contributed by atoms with E-state index in [0.717, 1.165) is 13.0 Å². The van der Waals surface area contributed by atoms with Crippen LogP contribution in [0.3, 0.4) is 0 Å². The molecule has 1 heterocycles. The van der Waals surface area contributed by atoms with Crippen LogP contribution < -0.4 is 5.32 Å². The van der Waals surface area contributed by atoms with Crippen LogP contribution in [0.5, 0.6) is 0 Å². The molecule has 0 radical (unpaired) electrons. The van der Waals surface area contributed by atoms with Crippen molar-refractivity contribution in [1.82, 2.24) is 15.1 Å². The number of carbonyl (C=O) groups excluding carboxylic acids is 2. The summed E-state index contributed by atoms with van der Waals surface area (Å²) in [5.41, 5.74) is 0.404. The predicted molar refractivity (Wildman–Crippen MR) is 90.8 cm³/mol. The van der Waals surface area contributed by atoms with Crippen molar-refractivity contribution < 1.29 is 14.0 Å². The average molecular weight is 335 g/mol. The molecule has 2 amide bonds. The molecule has 1 aromatic carbocycles. The highest BCUT2D eigenvalue weighted by Crippen LogP contribution is 2.36. The van der Waals surface area contributed by atoms with Crippen LogP contribution in [0.15, 0.2) is 24.3 Å². The summed E-state index contributed by atoms with van der Waals surface area (Å²) >= 11 is 0. The Balaban J connectivity index is 2.12. The van der Waals surface area contributed by atoms with Gasteiger partial charge in [-0.25, -0.2) is 4.39 Å². The second-order valence-corrected chi connectivity index (χ2v) is 6.56. The number of hydrogen-bond donors (Lipinski definition) is 1. The van der Waals surface area contributed by atoms with Gasteiger partial charge in [0, 0.05) is 25.6 Å². The molecule has 2 atom stereocenters. The van der Waals surface area contributed by atoms with E-state index in [1.165, 1.54) is 11.0 Å². The first-order valence-electron chi connectivity index (χ1n) is 8.34. The molecule has 5 nitrogen and oxygen atoms in total. The van der Waals surface area contributed by atoms with E-state index in [1.54, 1.807) is 25.2 Å². The number of amides is 2. The predicted octanol–water partition coefficient (Wildman–Crippen LogP) is 1.80. The zero-order valence-corrected chi connectivity index (χ0v) is 14.6. The van der Waals surface area contributed by atoms with Gasteiger partial charge < -0.3 is 15.1 Å². The first-order valence-corrected chi connectivity index (χ1v) is 8.34. The van der Waals surface area contributed by atoms with Crippen LogP contribution in [0, 0.1) is 11.7 Å². The lowest BCUT2D eigenvalue weighted by atomic mass is 9.83. The fraction of sp³-hybridized carbons (Fsp3) is 0.556. The van der Waals surface area contributed by atoms with Crippen LogP contribution in [0.25, 0.3) is 0 Å². The van der Waals surface area contributed by atoms with Gasteiger partial charge in [-0.1, -0.05) is 18.2 Å². The highest BCUT2D eigenvalue weighted by atomic mass is 19.1. The molecule has 2 rings (SSSR count). The lowest BCUT2D eigenvalue weighted by Gasteiger charge is -2.38. The van der Waals surface area contributed by atoms with E-state index in [9.17, 15) is 14.0 Å². The van der Waals surface area contributed by atoms with Crippen LogP contribution in [0.2, 0.25) is 0 Å². The van der Waals surface area contributed by atoms with Gasteiger partial charge in [-0.05, 0) is 39.5 Å². The number of hydrogen-bond acceptors (Lipinski definition) is 3. The molecule has 1 aliphatic heterocycles. The van der Waals surface area contributed by atoms with E-state index in [2.05, 4.69) is 10.2 Å². The highest BCUT2D eigenvalue weighted by molar-refractivity contribution is 5.84. The van der Waals surface area contributed by atoms with Crippen molar-refractivity contribution in [3.8, 4) is 0 Å². The molecule has 0 aromatic heterocycles. The van der Waals surface area contributed by atoms with Crippen LogP contribution in [-0.2, 0) is 9.59 Å². The molecule has 0 spiro atoms. The Hall–Kier alpha value is -1.95. The monoisotopic (exact) mass is 335 g/mol. The summed E-state index contributed by atoms with van der Waals surface area (Å²) in [6.45, 7) is 1.47. The lowest BCUT2D eigenvalue weighted by Crippen LogP contribution is -2.46. The van der Waals surface area contributed by atoms with Gasteiger partial charge in [-0.3, -0.25) is 9.59 Å². The molecular formula is C18H26FN3O2. The van der Waals surface area contributed by atoms with E-state index in [-0.39, 0.29) is 17.6 Å². The number of likely N-dealkylation sites (tertiary alicyclic amines) is 1. The Kier molecular flexibility index (Phi) is 6.31. The van der Waals surface area contributed by atoms with Gasteiger partial charge >= 0.3 is 0 Å². The van der Waals surface area contributed by atoms with Crippen LogP contribution in [-0.4, -0.2) is 55.8 Å². The van der Waals surface area contributed by atoms with Crippen molar-refractivity contribution in [3.05, 3.63) is 35.6 Å². The normalized spacial score (nSPS) is 21.2. The van der Waals surface area contributed by atoms with E-state index >= 15 is 0 Å². The summed E-state index contributed by atoms with van der Waals surface area (Å²) in [7, 11) is 5.61. The fourth-order valence-electron chi connectivity index (χ4n) is 3.19. The van der Waals surface area contributed by atoms with Gasteiger partial charge in [0.15, 0.2) is 0 Å². The van der Waals surface area contributed by atoms with E-state index < -0.39 is 12.0 Å². The molecule has 0 saturated carbocycles. The second kappa shape index (κ2) is 8.24. The molecule has 1 aliphatic rings. The SMILES string of the molecule is CN(C)CCCNC(=O)[C@H]1CCC(=O)N(C)[C@H]1c1ccccc1F. The maximum Gasteiger partial charge on any atom is 0.225 e. The number of nitrogens with one attached hydrogen (secondary N) is 1. The smallest absolute Gasteiger partial charge is 0.225 e. The van der Waals surface area contributed by atoms with Crippen LogP contribution in [0.1, 0.15) is 30.9 Å². The Morgan fingerprint density at radius 3 is 2.75 bits per heavy atom. The zero-order chi connectivity index (χ0) is 17.7. The molecule has 0 aliphatic carbocycles. The van der Waals surface area contributed by atoms with Crippen molar-refractivity contribution in [2.75, 3.05) is 34.2 Å². The highest BCUT2D eigenvalue weighted by Gasteiger charge is 2.39. The fourth-order valence-corrected chi connectivity index (χ4v) is 3.19. The molecule has 24 heavy (non-hydrogen) atoms. The Labute approximate surface area is 142 Å². The standard InChI is InChI=1S/C18H26FN3O2/c1-21(2)12-6-11-20-18(24)14-9-10-16(23)22(3)17(14)13-7-4-5-8-15(13)19/h4-5,7-8,14,17H,6,9-12H2,1-3H3,(H,20,24)/t14-,17-/m0/s1. The summed E-state index contributed by atoms with van der Waals surface area (Å²) in [6.07, 6.45) is 1.61. The summed E-state index contributed by atoms with van der Waals surface area (Å²) in [5.74, 6) is -0.973. The van der Waals surface area contributed by atoms with Crippen molar-refractivity contribution in [2.45, 2.75) is 25.3 Å². The maximum absolute atomic E-state index is 14.2. The van der Waals surface area contributed by atoms with Crippen molar-refractivity contribution in [2.24, 2.45) is 5.92 Å². The van der Waals surface area contributed by atoms with Gasteiger partial charge in [0.25, 0.3) is 0 Å². The zero-order valence-electron chi connectivity index (χ0n) is 14.6. The third-order valence-corrected chi connectivity index (χ3v) is 4.50. The molecule has 0 bridgehead atoms. The minimum atomic E-state index is -0.554. The second-order valence-electron chi connectivity index (χ2n) is 6.56. The number of benzene rings is 1. The van der Waals surface area contributed by atoms with E-state index in [1.807, 2.05) is 14.1 Å². The lowest BCUT2D eigenvalue weighted by molar-refractivity contribution is -0.141. The molecule has 1 aromatic rings. The molecule has 6 heteroatoms. The number of carbonyl (C=O) groups is 2. The van der Waals surface area contributed by atoms with Crippen LogP contribution in [0.4, 0.5) is 4.39 Å². The topological polar surface area (TPSA) is 52.7 Å². The Bertz CT molecular complexity index is 591. The van der Waals surface area contributed by atoms with E-state index in [0.29, 0.717) is 24.9 Å². The van der Waals surface area contributed by atoms with Gasteiger partial charge in [0.2, 0.25) is 11.8 Å². The van der Waals surface area contributed by atoms with Gasteiger partial charge in [-0.15, -0.1) is 0 Å². The maximum atomic E-state index is 14.2. The van der Waals surface area contributed by atoms with Crippen molar-refractivity contribution >= 4 is 11.8 Å². The molecule has 1 fully saturated rings. The summed E-state index contributed by atoms with van der Waals surface area (Å²) in [5, 5.41) is 2.94.